The number of nitrogens with one attached hydrogen (secondary N) is 2. The van der Waals surface area contributed by atoms with Gasteiger partial charge in [-0.15, -0.1) is 0 Å². The summed E-state index contributed by atoms with van der Waals surface area (Å²) in [6.07, 6.45) is 0. The Morgan fingerprint density at radius 2 is 1.69 bits per heavy atom. The lowest BCUT2D eigenvalue weighted by Crippen LogP contribution is -2.41. The number of carbonyl (C=O) groups excluding carboxylic acids is 2. The monoisotopic (exact) mass is 355 g/mol. The van der Waals surface area contributed by atoms with Gasteiger partial charge in [0.1, 0.15) is 5.75 Å². The number of hydrogen-bond acceptors (Lipinski definition) is 4. The Morgan fingerprint density at radius 1 is 1.04 bits per heavy atom. The van der Waals surface area contributed by atoms with Gasteiger partial charge in [0.25, 0.3) is 0 Å². The van der Waals surface area contributed by atoms with E-state index in [1.165, 1.54) is 0 Å². The minimum atomic E-state index is -0.438. The number of methoxy groups -OCH3 is 1. The highest BCUT2D eigenvalue weighted by molar-refractivity contribution is 5.86. The summed E-state index contributed by atoms with van der Waals surface area (Å²) in [7, 11) is 1.60. The zero-order chi connectivity index (χ0) is 18.9. The molecule has 0 aliphatic carbocycles. The zero-order valence-electron chi connectivity index (χ0n) is 15.1. The van der Waals surface area contributed by atoms with E-state index in [0.29, 0.717) is 6.54 Å². The van der Waals surface area contributed by atoms with Gasteiger partial charge in [-0.3, -0.25) is 9.59 Å². The predicted octanol–water partition coefficient (Wildman–Crippen LogP) is 1.76. The molecule has 0 heterocycles. The van der Waals surface area contributed by atoms with Crippen LogP contribution in [0.25, 0.3) is 0 Å². The number of nitrogens with two attached hydrogens (primary N) is 1. The third-order valence-electron chi connectivity index (χ3n) is 4.21. The minimum absolute atomic E-state index is 0.0825. The average Bonchev–Trinajstić information content (AvgIpc) is 2.70. The summed E-state index contributed by atoms with van der Waals surface area (Å²) in [6, 6.07) is 16.4. The molecule has 0 aliphatic heterocycles. The molecule has 0 radical (unpaired) electrons. The molecule has 0 fully saturated rings. The van der Waals surface area contributed by atoms with E-state index < -0.39 is 12.0 Å². The largest absolute Gasteiger partial charge is 0.497 e. The normalized spacial score (nSPS) is 12.7. The van der Waals surface area contributed by atoms with Crippen LogP contribution in [0.5, 0.6) is 5.75 Å². The molecule has 0 aromatic heterocycles. The van der Waals surface area contributed by atoms with Crippen LogP contribution in [-0.2, 0) is 16.1 Å². The van der Waals surface area contributed by atoms with Crippen molar-refractivity contribution in [3.05, 3.63) is 65.7 Å². The van der Waals surface area contributed by atoms with Crippen LogP contribution in [0.15, 0.2) is 54.6 Å². The number of rotatable bonds is 8. The second-order valence-electron chi connectivity index (χ2n) is 6.07. The highest BCUT2D eigenvalue weighted by Gasteiger charge is 2.22. The molecular formula is C20H25N3O3. The van der Waals surface area contributed by atoms with Crippen molar-refractivity contribution in [1.82, 2.24) is 10.6 Å². The number of amides is 2. The van der Waals surface area contributed by atoms with Crippen molar-refractivity contribution in [3.8, 4) is 5.75 Å². The molecule has 2 atom stereocenters. The van der Waals surface area contributed by atoms with Crippen molar-refractivity contribution in [1.29, 1.82) is 0 Å². The van der Waals surface area contributed by atoms with E-state index in [9.17, 15) is 9.59 Å². The van der Waals surface area contributed by atoms with Gasteiger partial charge < -0.3 is 21.1 Å². The SMILES string of the molecule is COc1ccc(CNC(=O)CNC(=O)C(C)C(N)c2ccccc2)cc1. The first-order valence-corrected chi connectivity index (χ1v) is 8.49. The standard InChI is InChI=1S/C20H25N3O3/c1-14(19(21)16-6-4-3-5-7-16)20(25)23-13-18(24)22-12-15-8-10-17(26-2)11-9-15/h3-11,14,19H,12-13,21H2,1-2H3,(H,22,24)(H,23,25). The van der Waals surface area contributed by atoms with Crippen molar-refractivity contribution >= 4 is 11.8 Å². The molecule has 2 aromatic carbocycles. The molecule has 2 rings (SSSR count). The van der Waals surface area contributed by atoms with Gasteiger partial charge in [-0.1, -0.05) is 49.4 Å². The fourth-order valence-corrected chi connectivity index (χ4v) is 2.46. The highest BCUT2D eigenvalue weighted by Crippen LogP contribution is 2.18. The van der Waals surface area contributed by atoms with Crippen LogP contribution in [-0.4, -0.2) is 25.5 Å². The Hall–Kier alpha value is -2.86. The first kappa shape index (κ1) is 19.5. The number of carbonyl (C=O) groups is 2. The third kappa shape index (κ3) is 5.60. The lowest BCUT2D eigenvalue weighted by atomic mass is 9.95. The van der Waals surface area contributed by atoms with Crippen molar-refractivity contribution in [3.63, 3.8) is 0 Å². The predicted molar refractivity (Wildman–Crippen MR) is 100 cm³/mol. The molecule has 6 nitrogen and oxygen atoms in total. The van der Waals surface area contributed by atoms with E-state index in [4.69, 9.17) is 10.5 Å². The molecule has 2 unspecified atom stereocenters. The Labute approximate surface area is 153 Å². The summed E-state index contributed by atoms with van der Waals surface area (Å²) in [5.74, 6) is -0.182. The molecular weight excluding hydrogens is 330 g/mol. The molecule has 0 saturated heterocycles. The summed E-state index contributed by atoms with van der Waals surface area (Å²) in [4.78, 5) is 24.1. The van der Waals surface area contributed by atoms with Crippen LogP contribution in [0.3, 0.4) is 0 Å². The Bertz CT molecular complexity index is 717. The van der Waals surface area contributed by atoms with Gasteiger partial charge >= 0.3 is 0 Å². The van der Waals surface area contributed by atoms with Crippen LogP contribution < -0.4 is 21.1 Å². The van der Waals surface area contributed by atoms with Crippen molar-refractivity contribution in [2.24, 2.45) is 11.7 Å². The number of benzene rings is 2. The maximum absolute atomic E-state index is 12.2. The van der Waals surface area contributed by atoms with Gasteiger partial charge in [-0.05, 0) is 23.3 Å². The average molecular weight is 355 g/mol. The lowest BCUT2D eigenvalue weighted by molar-refractivity contribution is -0.128. The summed E-state index contributed by atoms with van der Waals surface area (Å²) in [5, 5.41) is 5.40. The Balaban J connectivity index is 1.76. The molecule has 4 N–H and O–H groups in total. The maximum Gasteiger partial charge on any atom is 0.239 e. The Morgan fingerprint density at radius 3 is 2.31 bits per heavy atom. The number of ether oxygens (including phenoxy) is 1. The minimum Gasteiger partial charge on any atom is -0.497 e. The van der Waals surface area contributed by atoms with Crippen molar-refractivity contribution < 1.29 is 14.3 Å². The highest BCUT2D eigenvalue weighted by atomic mass is 16.5. The second-order valence-corrected chi connectivity index (χ2v) is 6.07. The summed E-state index contributed by atoms with van der Waals surface area (Å²) < 4.78 is 5.09. The molecule has 0 aliphatic rings. The molecule has 2 aromatic rings. The van der Waals surface area contributed by atoms with E-state index in [-0.39, 0.29) is 18.4 Å². The molecule has 0 bridgehead atoms. The van der Waals surface area contributed by atoms with Gasteiger partial charge in [0.15, 0.2) is 0 Å². The fraction of sp³-hybridized carbons (Fsp3) is 0.300. The van der Waals surface area contributed by atoms with Gasteiger partial charge in [-0.25, -0.2) is 0 Å². The van der Waals surface area contributed by atoms with Gasteiger partial charge in [0, 0.05) is 12.6 Å². The number of hydrogen-bond donors (Lipinski definition) is 3. The zero-order valence-corrected chi connectivity index (χ0v) is 15.1. The summed E-state index contributed by atoms with van der Waals surface area (Å²) in [6.45, 7) is 2.06. The van der Waals surface area contributed by atoms with E-state index in [1.54, 1.807) is 14.0 Å². The summed E-state index contributed by atoms with van der Waals surface area (Å²) >= 11 is 0. The first-order valence-electron chi connectivity index (χ1n) is 8.49. The first-order chi connectivity index (χ1) is 12.5. The second kappa shape index (κ2) is 9.58. The van der Waals surface area contributed by atoms with Crippen LogP contribution in [0.1, 0.15) is 24.1 Å². The van der Waals surface area contributed by atoms with Crippen molar-refractivity contribution in [2.75, 3.05) is 13.7 Å². The molecule has 0 spiro atoms. The van der Waals surface area contributed by atoms with E-state index in [2.05, 4.69) is 10.6 Å². The van der Waals surface area contributed by atoms with E-state index in [0.717, 1.165) is 16.9 Å². The van der Waals surface area contributed by atoms with E-state index >= 15 is 0 Å². The van der Waals surface area contributed by atoms with Crippen LogP contribution in [0.4, 0.5) is 0 Å². The molecule has 2 amide bonds. The Kier molecular flexibility index (Phi) is 7.17. The van der Waals surface area contributed by atoms with Crippen LogP contribution in [0.2, 0.25) is 0 Å². The fourth-order valence-electron chi connectivity index (χ4n) is 2.46. The third-order valence-corrected chi connectivity index (χ3v) is 4.21. The van der Waals surface area contributed by atoms with E-state index in [1.807, 2.05) is 54.6 Å². The molecule has 138 valence electrons. The molecule has 0 saturated carbocycles. The lowest BCUT2D eigenvalue weighted by Gasteiger charge is -2.19. The van der Waals surface area contributed by atoms with Gasteiger partial charge in [0.05, 0.1) is 19.6 Å². The smallest absolute Gasteiger partial charge is 0.239 e. The molecule has 6 heteroatoms. The molecule has 26 heavy (non-hydrogen) atoms. The quantitative estimate of drug-likeness (QED) is 0.673. The van der Waals surface area contributed by atoms with Gasteiger partial charge in [-0.2, -0.15) is 0 Å². The van der Waals surface area contributed by atoms with Crippen molar-refractivity contribution in [2.45, 2.75) is 19.5 Å². The van der Waals surface area contributed by atoms with Crippen LogP contribution >= 0.6 is 0 Å². The summed E-state index contributed by atoms with van der Waals surface area (Å²) in [5.41, 5.74) is 7.97. The topological polar surface area (TPSA) is 93.5 Å². The van der Waals surface area contributed by atoms with Gasteiger partial charge in [0.2, 0.25) is 11.8 Å². The van der Waals surface area contributed by atoms with Crippen LogP contribution in [0, 0.1) is 5.92 Å². The maximum atomic E-state index is 12.2.